The van der Waals surface area contributed by atoms with Gasteiger partial charge < -0.3 is 14.6 Å². The zero-order valence-corrected chi connectivity index (χ0v) is 17.1. The summed E-state index contributed by atoms with van der Waals surface area (Å²) in [7, 11) is 0. The number of nitrogens with zero attached hydrogens (tertiary/aromatic N) is 4. The molecule has 2 saturated heterocycles. The molecule has 1 atom stereocenters. The van der Waals surface area contributed by atoms with Gasteiger partial charge in [-0.15, -0.1) is 0 Å². The Labute approximate surface area is 175 Å². The van der Waals surface area contributed by atoms with Gasteiger partial charge in [-0.2, -0.15) is 4.98 Å². The summed E-state index contributed by atoms with van der Waals surface area (Å²) in [4.78, 5) is 21.1. The average molecular weight is 420 g/mol. The highest BCUT2D eigenvalue weighted by atomic mass is 35.5. The first-order valence-electron chi connectivity index (χ1n) is 10.1. The predicted molar refractivity (Wildman–Crippen MR) is 108 cm³/mol. The van der Waals surface area contributed by atoms with E-state index >= 15 is 0 Å². The maximum Gasteiger partial charge on any atom is 0.241 e. The molecule has 4 rings (SSSR count). The summed E-state index contributed by atoms with van der Waals surface area (Å²) in [5.41, 5.74) is 0.878. The Balaban J connectivity index is 1.19. The number of rotatable bonds is 7. The number of amides is 1. The van der Waals surface area contributed by atoms with Crippen LogP contribution < -0.4 is 5.32 Å². The van der Waals surface area contributed by atoms with E-state index in [1.807, 2.05) is 24.3 Å². The van der Waals surface area contributed by atoms with E-state index in [0.717, 1.165) is 51.2 Å². The Kier molecular flexibility index (Phi) is 6.76. The van der Waals surface area contributed by atoms with Crippen LogP contribution in [-0.2, 0) is 16.1 Å². The van der Waals surface area contributed by atoms with Crippen molar-refractivity contribution in [2.75, 3.05) is 45.9 Å². The van der Waals surface area contributed by atoms with Crippen molar-refractivity contribution < 1.29 is 14.1 Å². The van der Waals surface area contributed by atoms with Crippen LogP contribution in [0.4, 0.5) is 0 Å². The number of carbonyl (C=O) groups is 1. The molecule has 0 aliphatic carbocycles. The van der Waals surface area contributed by atoms with Gasteiger partial charge in [0.05, 0.1) is 19.2 Å². The molecule has 1 unspecified atom stereocenters. The molecular weight excluding hydrogens is 394 g/mol. The van der Waals surface area contributed by atoms with Crippen LogP contribution in [0.5, 0.6) is 0 Å². The molecule has 8 nitrogen and oxygen atoms in total. The normalized spacial score (nSPS) is 20.8. The van der Waals surface area contributed by atoms with Gasteiger partial charge in [0.2, 0.25) is 17.6 Å². The minimum absolute atomic E-state index is 0.0680. The number of hydrogen-bond donors (Lipinski definition) is 1. The fourth-order valence-corrected chi connectivity index (χ4v) is 3.75. The third kappa shape index (κ3) is 5.76. The Morgan fingerprint density at radius 3 is 2.66 bits per heavy atom. The third-order valence-electron chi connectivity index (χ3n) is 5.31. The second-order valence-electron chi connectivity index (χ2n) is 7.51. The number of benzene rings is 1. The van der Waals surface area contributed by atoms with Crippen LogP contribution in [-0.4, -0.2) is 77.8 Å². The number of carbonyl (C=O) groups excluding carboxylic acids is 1. The van der Waals surface area contributed by atoms with Gasteiger partial charge in [-0.1, -0.05) is 16.8 Å². The number of nitrogens with one attached hydrogen (secondary N) is 1. The Morgan fingerprint density at radius 1 is 1.17 bits per heavy atom. The molecule has 2 fully saturated rings. The van der Waals surface area contributed by atoms with Crippen molar-refractivity contribution in [2.24, 2.45) is 0 Å². The first-order chi connectivity index (χ1) is 14.2. The molecule has 2 aliphatic rings. The van der Waals surface area contributed by atoms with Gasteiger partial charge in [0, 0.05) is 49.9 Å². The summed E-state index contributed by atoms with van der Waals surface area (Å²) in [5.74, 6) is 1.23. The molecule has 9 heteroatoms. The number of ether oxygens (including phenoxy) is 1. The highest BCUT2D eigenvalue weighted by Crippen LogP contribution is 2.19. The molecule has 29 heavy (non-hydrogen) atoms. The topological polar surface area (TPSA) is 83.7 Å². The Morgan fingerprint density at radius 2 is 1.93 bits per heavy atom. The SMILES string of the molecule is O=C(CN1CCN(Cc2nc(-c3ccc(Cl)cc3)no2)CC1)NCC1CCCO1. The molecule has 0 radical (unpaired) electrons. The first-order valence-corrected chi connectivity index (χ1v) is 10.4. The van der Waals surface area contributed by atoms with Crippen molar-refractivity contribution in [1.29, 1.82) is 0 Å². The second-order valence-corrected chi connectivity index (χ2v) is 7.95. The van der Waals surface area contributed by atoms with E-state index in [2.05, 4.69) is 25.3 Å². The van der Waals surface area contributed by atoms with Crippen molar-refractivity contribution >= 4 is 17.5 Å². The van der Waals surface area contributed by atoms with Crippen molar-refractivity contribution in [1.82, 2.24) is 25.3 Å². The molecule has 0 bridgehead atoms. The van der Waals surface area contributed by atoms with Crippen molar-refractivity contribution in [3.05, 3.63) is 35.2 Å². The maximum atomic E-state index is 12.1. The van der Waals surface area contributed by atoms with Gasteiger partial charge in [0.15, 0.2) is 0 Å². The summed E-state index contributed by atoms with van der Waals surface area (Å²) in [6.45, 7) is 5.86. The van der Waals surface area contributed by atoms with Gasteiger partial charge in [-0.25, -0.2) is 0 Å². The lowest BCUT2D eigenvalue weighted by atomic mass is 10.2. The molecular formula is C20H26ClN5O3. The standard InChI is InChI=1S/C20H26ClN5O3/c21-16-5-3-15(4-6-16)20-23-19(29-24-20)14-26-9-7-25(8-10-26)13-18(27)22-12-17-2-1-11-28-17/h3-6,17H,1-2,7-14H2,(H,22,27). The highest BCUT2D eigenvalue weighted by molar-refractivity contribution is 6.30. The van der Waals surface area contributed by atoms with Gasteiger partial charge in [-0.05, 0) is 37.1 Å². The number of piperazine rings is 1. The molecule has 0 spiro atoms. The molecule has 0 saturated carbocycles. The van der Waals surface area contributed by atoms with Gasteiger partial charge >= 0.3 is 0 Å². The lowest BCUT2D eigenvalue weighted by molar-refractivity contribution is -0.123. The first kappa shape index (κ1) is 20.3. The zero-order valence-electron chi connectivity index (χ0n) is 16.3. The number of aromatic nitrogens is 2. The lowest BCUT2D eigenvalue weighted by Gasteiger charge is -2.33. The largest absolute Gasteiger partial charge is 0.376 e. The monoisotopic (exact) mass is 419 g/mol. The van der Waals surface area contributed by atoms with Crippen LogP contribution in [0.1, 0.15) is 18.7 Å². The Hall–Kier alpha value is -2.00. The maximum absolute atomic E-state index is 12.1. The average Bonchev–Trinajstić information content (AvgIpc) is 3.41. The van der Waals surface area contributed by atoms with E-state index in [-0.39, 0.29) is 12.0 Å². The fourth-order valence-electron chi connectivity index (χ4n) is 3.62. The Bertz CT molecular complexity index is 799. The van der Waals surface area contributed by atoms with Crippen LogP contribution in [0.25, 0.3) is 11.4 Å². The summed E-state index contributed by atoms with van der Waals surface area (Å²) >= 11 is 5.92. The number of hydrogen-bond acceptors (Lipinski definition) is 7. The van der Waals surface area contributed by atoms with Crippen LogP contribution in [0.3, 0.4) is 0 Å². The molecule has 1 aromatic carbocycles. The quantitative estimate of drug-likeness (QED) is 0.732. The van der Waals surface area contributed by atoms with Gasteiger partial charge in [0.25, 0.3) is 0 Å². The summed E-state index contributed by atoms with van der Waals surface area (Å²) in [6, 6.07) is 7.37. The molecule has 1 amide bonds. The minimum Gasteiger partial charge on any atom is -0.376 e. The molecule has 3 heterocycles. The number of halogens is 1. The second kappa shape index (κ2) is 9.67. The van der Waals surface area contributed by atoms with E-state index < -0.39 is 0 Å². The summed E-state index contributed by atoms with van der Waals surface area (Å²) in [6.07, 6.45) is 2.31. The zero-order chi connectivity index (χ0) is 20.1. The minimum atomic E-state index is 0.0680. The third-order valence-corrected chi connectivity index (χ3v) is 5.56. The van der Waals surface area contributed by atoms with Gasteiger partial charge in [-0.3, -0.25) is 14.6 Å². The van der Waals surface area contributed by atoms with Crippen LogP contribution in [0.2, 0.25) is 5.02 Å². The summed E-state index contributed by atoms with van der Waals surface area (Å²) < 4.78 is 10.9. The lowest BCUT2D eigenvalue weighted by Crippen LogP contribution is -2.49. The van der Waals surface area contributed by atoms with Crippen molar-refractivity contribution in [3.63, 3.8) is 0 Å². The summed E-state index contributed by atoms with van der Waals surface area (Å²) in [5, 5.41) is 7.72. The van der Waals surface area contributed by atoms with Crippen LogP contribution >= 0.6 is 11.6 Å². The molecule has 1 N–H and O–H groups in total. The molecule has 2 aromatic rings. The van der Waals surface area contributed by atoms with Gasteiger partial charge in [0.1, 0.15) is 0 Å². The molecule has 2 aliphatic heterocycles. The van der Waals surface area contributed by atoms with Crippen molar-refractivity contribution in [2.45, 2.75) is 25.5 Å². The van der Waals surface area contributed by atoms with E-state index in [0.29, 0.717) is 36.4 Å². The van der Waals surface area contributed by atoms with Crippen LogP contribution in [0, 0.1) is 0 Å². The highest BCUT2D eigenvalue weighted by Gasteiger charge is 2.22. The smallest absolute Gasteiger partial charge is 0.241 e. The predicted octanol–water partition coefficient (Wildman–Crippen LogP) is 1.80. The van der Waals surface area contributed by atoms with Crippen LogP contribution in [0.15, 0.2) is 28.8 Å². The van der Waals surface area contributed by atoms with E-state index in [1.54, 1.807) is 0 Å². The fraction of sp³-hybridized carbons (Fsp3) is 0.550. The van der Waals surface area contributed by atoms with E-state index in [4.69, 9.17) is 20.9 Å². The van der Waals surface area contributed by atoms with Crippen molar-refractivity contribution in [3.8, 4) is 11.4 Å². The van der Waals surface area contributed by atoms with E-state index in [9.17, 15) is 4.79 Å². The molecule has 156 valence electrons. The molecule has 1 aromatic heterocycles. The van der Waals surface area contributed by atoms with E-state index in [1.165, 1.54) is 0 Å².